The Morgan fingerprint density at radius 2 is 1.79 bits per heavy atom. The van der Waals surface area contributed by atoms with Crippen LogP contribution in [0.25, 0.3) is 0 Å². The molecule has 0 saturated heterocycles. The van der Waals surface area contributed by atoms with E-state index in [9.17, 15) is 14.7 Å². The van der Waals surface area contributed by atoms with Crippen LogP contribution in [0.5, 0.6) is 0 Å². The lowest BCUT2D eigenvalue weighted by Crippen LogP contribution is -2.51. The number of aliphatic carboxylic acids is 1. The van der Waals surface area contributed by atoms with Gasteiger partial charge in [-0.15, -0.1) is 0 Å². The molecule has 0 bridgehead atoms. The molecule has 0 saturated carbocycles. The van der Waals surface area contributed by atoms with Gasteiger partial charge < -0.3 is 20.5 Å². The van der Waals surface area contributed by atoms with Crippen molar-refractivity contribution in [2.75, 3.05) is 0 Å². The van der Waals surface area contributed by atoms with E-state index in [1.807, 2.05) is 30.3 Å². The highest BCUT2D eigenvalue weighted by Gasteiger charge is 2.24. The molecule has 0 heterocycles. The first-order valence-electron chi connectivity index (χ1n) is 7.65. The molecule has 0 aromatic heterocycles. The molecule has 0 aliphatic carbocycles. The number of carbonyl (C=O) groups is 2. The predicted octanol–water partition coefficient (Wildman–Crippen LogP) is 1.88. The van der Waals surface area contributed by atoms with Crippen LogP contribution in [0.3, 0.4) is 0 Å². The molecule has 1 aromatic carbocycles. The third kappa shape index (κ3) is 7.41. The summed E-state index contributed by atoms with van der Waals surface area (Å²) < 4.78 is 5.24. The van der Waals surface area contributed by atoms with Gasteiger partial charge in [0.05, 0.1) is 0 Å². The van der Waals surface area contributed by atoms with E-state index in [2.05, 4.69) is 10.6 Å². The summed E-state index contributed by atoms with van der Waals surface area (Å²) in [5.41, 5.74) is 0.277. The number of carbonyl (C=O) groups excluding carboxylic acids is 1. The van der Waals surface area contributed by atoms with Crippen molar-refractivity contribution in [3.05, 3.63) is 35.9 Å². The van der Waals surface area contributed by atoms with Crippen LogP contribution < -0.4 is 10.6 Å². The SMILES string of the molecule is C[C@H](NC(=S)N[C@@H](Cc1ccccc1)C(=O)O)C(=O)OC(C)(C)C. The molecule has 0 aliphatic rings. The Morgan fingerprint density at radius 3 is 2.29 bits per heavy atom. The Balaban J connectivity index is 2.59. The minimum Gasteiger partial charge on any atom is -0.480 e. The molecule has 3 N–H and O–H groups in total. The number of nitrogens with one attached hydrogen (secondary N) is 2. The van der Waals surface area contributed by atoms with Crippen molar-refractivity contribution >= 4 is 29.3 Å². The van der Waals surface area contributed by atoms with Crippen molar-refractivity contribution in [2.45, 2.75) is 51.8 Å². The van der Waals surface area contributed by atoms with Crippen LogP contribution in [0.1, 0.15) is 33.3 Å². The maximum atomic E-state index is 11.9. The van der Waals surface area contributed by atoms with Crippen LogP contribution in [0, 0.1) is 0 Å². The standard InChI is InChI=1S/C17H24N2O4S/c1-11(15(22)23-17(2,3)4)18-16(24)19-13(14(20)21)10-12-8-6-5-7-9-12/h5-9,11,13H,10H2,1-4H3,(H,20,21)(H2,18,19,24)/t11-,13-/m0/s1. The van der Waals surface area contributed by atoms with Gasteiger partial charge in [-0.05, 0) is 45.5 Å². The zero-order chi connectivity index (χ0) is 18.3. The Morgan fingerprint density at radius 1 is 1.21 bits per heavy atom. The second-order valence-corrected chi connectivity index (χ2v) is 6.86. The maximum Gasteiger partial charge on any atom is 0.328 e. The quantitative estimate of drug-likeness (QED) is 0.532. The van der Waals surface area contributed by atoms with Gasteiger partial charge in [0.1, 0.15) is 17.7 Å². The van der Waals surface area contributed by atoms with E-state index in [4.69, 9.17) is 17.0 Å². The van der Waals surface area contributed by atoms with Gasteiger partial charge in [-0.3, -0.25) is 0 Å². The summed E-state index contributed by atoms with van der Waals surface area (Å²) in [5.74, 6) is -1.48. The average molecular weight is 352 g/mol. The summed E-state index contributed by atoms with van der Waals surface area (Å²) in [6.07, 6.45) is 0.277. The van der Waals surface area contributed by atoms with E-state index in [0.717, 1.165) is 5.56 Å². The van der Waals surface area contributed by atoms with Gasteiger partial charge >= 0.3 is 11.9 Å². The van der Waals surface area contributed by atoms with Crippen molar-refractivity contribution in [2.24, 2.45) is 0 Å². The molecule has 0 spiro atoms. The van der Waals surface area contributed by atoms with Crippen LogP contribution in [0.2, 0.25) is 0 Å². The number of esters is 1. The van der Waals surface area contributed by atoms with Crippen molar-refractivity contribution in [1.29, 1.82) is 0 Å². The minimum atomic E-state index is -1.02. The van der Waals surface area contributed by atoms with Crippen LogP contribution >= 0.6 is 12.2 Å². The fourth-order valence-electron chi connectivity index (χ4n) is 1.90. The molecule has 0 unspecified atom stereocenters. The lowest BCUT2D eigenvalue weighted by Gasteiger charge is -2.24. The van der Waals surface area contributed by atoms with E-state index in [-0.39, 0.29) is 11.5 Å². The van der Waals surface area contributed by atoms with Crippen LogP contribution in [0.4, 0.5) is 0 Å². The van der Waals surface area contributed by atoms with Crippen molar-refractivity contribution in [3.63, 3.8) is 0 Å². The maximum absolute atomic E-state index is 11.9. The second kappa shape index (κ2) is 8.63. The molecule has 0 fully saturated rings. The van der Waals surface area contributed by atoms with Gasteiger partial charge in [-0.2, -0.15) is 0 Å². The zero-order valence-electron chi connectivity index (χ0n) is 14.3. The zero-order valence-corrected chi connectivity index (χ0v) is 15.1. The fraction of sp³-hybridized carbons (Fsp3) is 0.471. The second-order valence-electron chi connectivity index (χ2n) is 6.45. The number of hydrogen-bond donors (Lipinski definition) is 3. The van der Waals surface area contributed by atoms with E-state index < -0.39 is 29.6 Å². The third-order valence-corrected chi connectivity index (χ3v) is 3.23. The normalized spacial score (nSPS) is 13.5. The van der Waals surface area contributed by atoms with E-state index >= 15 is 0 Å². The monoisotopic (exact) mass is 352 g/mol. The minimum absolute atomic E-state index is 0.0942. The van der Waals surface area contributed by atoms with Crippen LogP contribution in [-0.2, 0) is 20.7 Å². The van der Waals surface area contributed by atoms with Crippen molar-refractivity contribution < 1.29 is 19.4 Å². The Labute approximate surface area is 147 Å². The summed E-state index contributed by atoms with van der Waals surface area (Å²) >= 11 is 5.11. The number of rotatable bonds is 6. The van der Waals surface area contributed by atoms with Crippen LogP contribution in [0.15, 0.2) is 30.3 Å². The van der Waals surface area contributed by atoms with Gasteiger partial charge in [-0.1, -0.05) is 30.3 Å². The predicted molar refractivity (Wildman–Crippen MR) is 95.7 cm³/mol. The number of carboxylic acids is 1. The summed E-state index contributed by atoms with van der Waals surface area (Å²) in [6.45, 7) is 6.92. The highest BCUT2D eigenvalue weighted by Crippen LogP contribution is 2.08. The average Bonchev–Trinajstić information content (AvgIpc) is 2.45. The highest BCUT2D eigenvalue weighted by molar-refractivity contribution is 7.80. The fourth-order valence-corrected chi connectivity index (χ4v) is 2.21. The topological polar surface area (TPSA) is 87.7 Å². The summed E-state index contributed by atoms with van der Waals surface area (Å²) in [5, 5.41) is 14.9. The van der Waals surface area contributed by atoms with E-state index in [1.54, 1.807) is 27.7 Å². The van der Waals surface area contributed by atoms with Gasteiger partial charge in [0.25, 0.3) is 0 Å². The Bertz CT molecular complexity index is 584. The molecule has 0 amide bonds. The number of carboxylic acid groups (broad SMARTS) is 1. The number of ether oxygens (including phenoxy) is 1. The number of thiocarbonyl (C=S) groups is 1. The molecule has 0 radical (unpaired) electrons. The molecule has 132 valence electrons. The summed E-state index contributed by atoms with van der Waals surface area (Å²) in [7, 11) is 0. The molecule has 7 heteroatoms. The van der Waals surface area contributed by atoms with Crippen LogP contribution in [-0.4, -0.2) is 39.8 Å². The molecule has 2 atom stereocenters. The molecular weight excluding hydrogens is 328 g/mol. The summed E-state index contributed by atoms with van der Waals surface area (Å²) in [6, 6.07) is 7.66. The van der Waals surface area contributed by atoms with Gasteiger partial charge in [0, 0.05) is 6.42 Å². The van der Waals surface area contributed by atoms with Gasteiger partial charge in [0.2, 0.25) is 0 Å². The van der Waals surface area contributed by atoms with Crippen molar-refractivity contribution in [3.8, 4) is 0 Å². The number of benzene rings is 1. The van der Waals surface area contributed by atoms with Crippen molar-refractivity contribution in [1.82, 2.24) is 10.6 Å². The van der Waals surface area contributed by atoms with Gasteiger partial charge in [-0.25, -0.2) is 9.59 Å². The lowest BCUT2D eigenvalue weighted by molar-refractivity contribution is -0.156. The number of hydrogen-bond acceptors (Lipinski definition) is 4. The van der Waals surface area contributed by atoms with Gasteiger partial charge in [0.15, 0.2) is 5.11 Å². The first-order valence-corrected chi connectivity index (χ1v) is 8.06. The van der Waals surface area contributed by atoms with E-state index in [1.165, 1.54) is 0 Å². The van der Waals surface area contributed by atoms with E-state index in [0.29, 0.717) is 0 Å². The third-order valence-electron chi connectivity index (χ3n) is 2.99. The molecule has 1 rings (SSSR count). The first kappa shape index (κ1) is 19.9. The molecular formula is C17H24N2O4S. The molecule has 0 aliphatic heterocycles. The largest absolute Gasteiger partial charge is 0.480 e. The Kier molecular flexibility index (Phi) is 7.16. The highest BCUT2D eigenvalue weighted by atomic mass is 32.1. The lowest BCUT2D eigenvalue weighted by atomic mass is 10.1. The Hall–Kier alpha value is -2.15. The molecule has 24 heavy (non-hydrogen) atoms. The summed E-state index contributed by atoms with van der Waals surface area (Å²) in [4.78, 5) is 23.3. The first-order chi connectivity index (χ1) is 11.1. The molecule has 1 aromatic rings. The smallest absolute Gasteiger partial charge is 0.328 e. The molecule has 6 nitrogen and oxygen atoms in total.